The molecular formula is C19H18NPS. The fraction of sp³-hybridized carbons (Fsp3) is 0.105. The molecule has 22 heavy (non-hydrogen) atoms. The molecule has 3 aromatic rings. The quantitative estimate of drug-likeness (QED) is 0.663. The maximum atomic E-state index is 6.23. The Bertz CT molecular complexity index is 714. The molecule has 0 unspecified atom stereocenters. The summed E-state index contributed by atoms with van der Waals surface area (Å²) in [5.74, 6) is 0. The van der Waals surface area contributed by atoms with Crippen LogP contribution in [0, 0.1) is 0 Å². The Morgan fingerprint density at radius 1 is 0.727 bits per heavy atom. The second-order valence-electron chi connectivity index (χ2n) is 5.24. The van der Waals surface area contributed by atoms with E-state index in [1.807, 2.05) is 12.4 Å². The molecule has 3 heteroatoms. The molecule has 0 bridgehead atoms. The van der Waals surface area contributed by atoms with Crippen molar-refractivity contribution in [2.75, 3.05) is 6.16 Å². The molecule has 0 amide bonds. The van der Waals surface area contributed by atoms with Gasteiger partial charge in [0.15, 0.2) is 0 Å². The number of hydrogen-bond acceptors (Lipinski definition) is 2. The van der Waals surface area contributed by atoms with Crippen molar-refractivity contribution in [3.63, 3.8) is 0 Å². The Morgan fingerprint density at radius 2 is 1.23 bits per heavy atom. The first kappa shape index (κ1) is 15.1. The summed E-state index contributed by atoms with van der Waals surface area (Å²) in [6.07, 6.45) is 5.69. The number of nitrogens with zero attached hydrogens (tertiary/aromatic N) is 1. The van der Waals surface area contributed by atoms with E-state index >= 15 is 0 Å². The number of pyridine rings is 1. The highest BCUT2D eigenvalue weighted by molar-refractivity contribution is 8.21. The first-order valence-corrected chi connectivity index (χ1v) is 10.4. The van der Waals surface area contributed by atoms with Gasteiger partial charge in [-0.25, -0.2) is 0 Å². The van der Waals surface area contributed by atoms with Crippen molar-refractivity contribution in [3.05, 3.63) is 90.8 Å². The van der Waals surface area contributed by atoms with Gasteiger partial charge in [0.1, 0.15) is 0 Å². The van der Waals surface area contributed by atoms with Crippen molar-refractivity contribution >= 4 is 28.5 Å². The Labute approximate surface area is 137 Å². The van der Waals surface area contributed by atoms with Crippen LogP contribution in [0.1, 0.15) is 5.56 Å². The minimum atomic E-state index is -1.78. The van der Waals surface area contributed by atoms with E-state index in [1.165, 1.54) is 16.2 Å². The van der Waals surface area contributed by atoms with E-state index in [0.29, 0.717) is 0 Å². The fourth-order valence-electron chi connectivity index (χ4n) is 2.58. The first-order valence-electron chi connectivity index (χ1n) is 7.38. The standard InChI is InChI=1S/C19H18NPS/c22-21(18-7-3-1-4-8-18,19-9-5-2-6-10-19)16-13-17-11-14-20-15-12-17/h1-12,14-15H,13,16H2. The van der Waals surface area contributed by atoms with Crippen molar-refractivity contribution in [1.82, 2.24) is 4.98 Å². The molecule has 2 aromatic carbocycles. The Balaban J connectivity index is 1.95. The van der Waals surface area contributed by atoms with E-state index < -0.39 is 6.04 Å². The van der Waals surface area contributed by atoms with E-state index in [1.54, 1.807) is 0 Å². The van der Waals surface area contributed by atoms with Crippen LogP contribution in [0.3, 0.4) is 0 Å². The SMILES string of the molecule is S=P(CCc1ccncc1)(c1ccccc1)c1ccccc1. The predicted molar refractivity (Wildman–Crippen MR) is 99.2 cm³/mol. The third-order valence-corrected chi connectivity index (χ3v) is 8.74. The minimum absolute atomic E-state index is 0.990. The van der Waals surface area contributed by atoms with Crippen LogP contribution in [0.4, 0.5) is 0 Å². The summed E-state index contributed by atoms with van der Waals surface area (Å²) in [4.78, 5) is 4.09. The van der Waals surface area contributed by atoms with E-state index in [0.717, 1.165) is 12.6 Å². The van der Waals surface area contributed by atoms with Gasteiger partial charge in [0.2, 0.25) is 0 Å². The van der Waals surface area contributed by atoms with E-state index in [2.05, 4.69) is 77.8 Å². The summed E-state index contributed by atoms with van der Waals surface area (Å²) in [5, 5.41) is 2.59. The summed E-state index contributed by atoms with van der Waals surface area (Å²) in [7, 11) is 0. The molecule has 0 saturated heterocycles. The number of benzene rings is 2. The Kier molecular flexibility index (Phi) is 4.82. The maximum absolute atomic E-state index is 6.23. The topological polar surface area (TPSA) is 12.9 Å². The zero-order valence-electron chi connectivity index (χ0n) is 12.3. The van der Waals surface area contributed by atoms with Crippen LogP contribution in [0.15, 0.2) is 85.2 Å². The first-order chi connectivity index (χ1) is 10.8. The largest absolute Gasteiger partial charge is 0.265 e. The number of hydrogen-bond donors (Lipinski definition) is 0. The van der Waals surface area contributed by atoms with Gasteiger partial charge in [-0.15, -0.1) is 0 Å². The minimum Gasteiger partial charge on any atom is -0.265 e. The van der Waals surface area contributed by atoms with Crippen LogP contribution < -0.4 is 10.6 Å². The van der Waals surface area contributed by atoms with Crippen molar-refractivity contribution in [3.8, 4) is 0 Å². The predicted octanol–water partition coefficient (Wildman–Crippen LogP) is 3.75. The highest BCUT2D eigenvalue weighted by Crippen LogP contribution is 2.44. The van der Waals surface area contributed by atoms with Crippen LogP contribution in [-0.4, -0.2) is 11.1 Å². The molecule has 0 saturated carbocycles. The third kappa shape index (κ3) is 3.35. The molecule has 0 N–H and O–H groups in total. The van der Waals surface area contributed by atoms with Gasteiger partial charge in [-0.05, 0) is 40.9 Å². The van der Waals surface area contributed by atoms with Gasteiger partial charge in [-0.3, -0.25) is 4.98 Å². The van der Waals surface area contributed by atoms with Crippen LogP contribution in [0.25, 0.3) is 0 Å². The molecule has 0 aliphatic rings. The van der Waals surface area contributed by atoms with Crippen LogP contribution in [-0.2, 0) is 18.2 Å². The van der Waals surface area contributed by atoms with Crippen molar-refractivity contribution in [2.24, 2.45) is 0 Å². The molecule has 0 aliphatic carbocycles. The lowest BCUT2D eigenvalue weighted by atomic mass is 10.2. The highest BCUT2D eigenvalue weighted by Gasteiger charge is 2.21. The lowest BCUT2D eigenvalue weighted by molar-refractivity contribution is 1.13. The van der Waals surface area contributed by atoms with Gasteiger partial charge >= 0.3 is 0 Å². The third-order valence-electron chi connectivity index (χ3n) is 3.81. The summed E-state index contributed by atoms with van der Waals surface area (Å²) < 4.78 is 0. The summed E-state index contributed by atoms with van der Waals surface area (Å²) >= 11 is 6.23. The van der Waals surface area contributed by atoms with Gasteiger partial charge in [0.25, 0.3) is 0 Å². The lowest BCUT2D eigenvalue weighted by Crippen LogP contribution is -2.19. The van der Waals surface area contributed by atoms with Crippen LogP contribution in [0.2, 0.25) is 0 Å². The van der Waals surface area contributed by atoms with Crippen LogP contribution >= 0.6 is 6.04 Å². The molecule has 0 radical (unpaired) electrons. The number of aryl methyl sites for hydroxylation is 1. The summed E-state index contributed by atoms with van der Waals surface area (Å²) in [6, 6.07) is 23.6. The maximum Gasteiger partial charge on any atom is 0.0270 e. The summed E-state index contributed by atoms with van der Waals surface area (Å²) in [6.45, 7) is 0. The molecular weight excluding hydrogens is 305 g/mol. The van der Waals surface area contributed by atoms with Crippen molar-refractivity contribution < 1.29 is 0 Å². The average Bonchev–Trinajstić information content (AvgIpc) is 2.62. The van der Waals surface area contributed by atoms with Crippen LogP contribution in [0.5, 0.6) is 0 Å². The zero-order valence-corrected chi connectivity index (χ0v) is 14.0. The number of rotatable bonds is 5. The van der Waals surface area contributed by atoms with Crippen molar-refractivity contribution in [1.29, 1.82) is 0 Å². The Hall–Kier alpha value is -1.76. The molecule has 0 spiro atoms. The molecule has 1 heterocycles. The molecule has 3 rings (SSSR count). The second-order valence-corrected chi connectivity index (χ2v) is 10.1. The summed E-state index contributed by atoms with van der Waals surface area (Å²) in [5.41, 5.74) is 1.30. The monoisotopic (exact) mass is 323 g/mol. The molecule has 110 valence electrons. The fourth-order valence-corrected chi connectivity index (χ4v) is 6.28. The second kappa shape index (κ2) is 7.00. The molecule has 1 nitrogen and oxygen atoms in total. The smallest absolute Gasteiger partial charge is 0.0270 e. The van der Waals surface area contributed by atoms with Gasteiger partial charge in [-0.2, -0.15) is 0 Å². The van der Waals surface area contributed by atoms with E-state index in [9.17, 15) is 0 Å². The van der Waals surface area contributed by atoms with E-state index in [4.69, 9.17) is 11.8 Å². The molecule has 0 fully saturated rings. The Morgan fingerprint density at radius 3 is 1.73 bits per heavy atom. The lowest BCUT2D eigenvalue weighted by Gasteiger charge is -2.23. The van der Waals surface area contributed by atoms with Gasteiger partial charge < -0.3 is 0 Å². The van der Waals surface area contributed by atoms with Crippen molar-refractivity contribution in [2.45, 2.75) is 6.42 Å². The van der Waals surface area contributed by atoms with Gasteiger partial charge in [0.05, 0.1) is 0 Å². The zero-order chi connectivity index (χ0) is 15.3. The molecule has 1 aromatic heterocycles. The van der Waals surface area contributed by atoms with E-state index in [-0.39, 0.29) is 0 Å². The highest BCUT2D eigenvalue weighted by atomic mass is 32.4. The van der Waals surface area contributed by atoms with Gasteiger partial charge in [-0.1, -0.05) is 72.5 Å². The molecule has 0 atom stereocenters. The van der Waals surface area contributed by atoms with Gasteiger partial charge in [0, 0.05) is 18.4 Å². The number of aromatic nitrogens is 1. The normalized spacial score (nSPS) is 11.3. The molecule has 0 aliphatic heterocycles. The average molecular weight is 323 g/mol.